The predicted molar refractivity (Wildman–Crippen MR) is 75.0 cm³/mol. The third-order valence-corrected chi connectivity index (χ3v) is 3.39. The molecule has 96 valence electrons. The minimum Gasteiger partial charge on any atom is -0.337 e. The highest BCUT2D eigenvalue weighted by Gasteiger charge is 2.17. The number of benzene rings is 1. The summed E-state index contributed by atoms with van der Waals surface area (Å²) in [5.41, 5.74) is 3.40. The van der Waals surface area contributed by atoms with Gasteiger partial charge in [0.15, 0.2) is 0 Å². The van der Waals surface area contributed by atoms with Crippen molar-refractivity contribution in [3.8, 4) is 0 Å². The van der Waals surface area contributed by atoms with E-state index in [9.17, 15) is 0 Å². The number of nitrogens with one attached hydrogen (secondary N) is 1. The zero-order valence-corrected chi connectivity index (χ0v) is 11.7. The van der Waals surface area contributed by atoms with Gasteiger partial charge in [-0.05, 0) is 44.2 Å². The molecule has 3 nitrogen and oxygen atoms in total. The second kappa shape index (κ2) is 5.55. The molecule has 0 saturated carbocycles. The lowest BCUT2D eigenvalue weighted by atomic mass is 9.99. The van der Waals surface area contributed by atoms with E-state index in [4.69, 9.17) is 11.6 Å². The molecule has 2 rings (SSSR count). The van der Waals surface area contributed by atoms with Gasteiger partial charge >= 0.3 is 0 Å². The minimum absolute atomic E-state index is 0.0801. The van der Waals surface area contributed by atoms with Gasteiger partial charge < -0.3 is 9.88 Å². The van der Waals surface area contributed by atoms with Gasteiger partial charge in [-0.2, -0.15) is 0 Å². The molecule has 0 aliphatic heterocycles. The Morgan fingerprint density at radius 3 is 2.83 bits per heavy atom. The summed E-state index contributed by atoms with van der Waals surface area (Å²) in [7, 11) is 1.94. The summed E-state index contributed by atoms with van der Waals surface area (Å²) in [6.45, 7) is 5.12. The number of rotatable bonds is 4. The standard InChI is InChI=1S/C14H18ClN3/c1-4-18-8-13(17-9-18)14(16-3)12-7-11(15)6-5-10(12)2/h5-9,14,16H,4H2,1-3H3. The SMILES string of the molecule is CCn1cnc(C(NC)c2cc(Cl)ccc2C)c1. The average Bonchev–Trinajstić information content (AvgIpc) is 2.83. The van der Waals surface area contributed by atoms with Gasteiger partial charge in [0.1, 0.15) is 0 Å². The van der Waals surface area contributed by atoms with Crippen LogP contribution in [0.4, 0.5) is 0 Å². The van der Waals surface area contributed by atoms with Gasteiger partial charge in [0.25, 0.3) is 0 Å². The molecule has 0 aliphatic carbocycles. The normalized spacial score (nSPS) is 12.7. The lowest BCUT2D eigenvalue weighted by molar-refractivity contribution is 0.668. The molecule has 2 aromatic rings. The van der Waals surface area contributed by atoms with Crippen LogP contribution in [0.15, 0.2) is 30.7 Å². The topological polar surface area (TPSA) is 29.9 Å². The van der Waals surface area contributed by atoms with Crippen molar-refractivity contribution < 1.29 is 0 Å². The van der Waals surface area contributed by atoms with E-state index in [2.05, 4.69) is 34.9 Å². The van der Waals surface area contributed by atoms with Crippen LogP contribution < -0.4 is 5.32 Å². The van der Waals surface area contributed by atoms with E-state index in [1.165, 1.54) is 11.1 Å². The van der Waals surface area contributed by atoms with Crippen molar-refractivity contribution in [3.63, 3.8) is 0 Å². The number of aryl methyl sites for hydroxylation is 2. The van der Waals surface area contributed by atoms with E-state index in [-0.39, 0.29) is 6.04 Å². The average molecular weight is 264 g/mol. The molecular weight excluding hydrogens is 246 g/mol. The maximum Gasteiger partial charge on any atom is 0.0950 e. The Morgan fingerprint density at radius 1 is 1.44 bits per heavy atom. The Bertz CT molecular complexity index is 534. The molecule has 0 amide bonds. The van der Waals surface area contributed by atoms with Crippen LogP contribution in [-0.4, -0.2) is 16.6 Å². The first-order chi connectivity index (χ1) is 8.65. The molecule has 18 heavy (non-hydrogen) atoms. The largest absolute Gasteiger partial charge is 0.337 e. The molecule has 1 aromatic heterocycles. The van der Waals surface area contributed by atoms with E-state index in [1.54, 1.807) is 0 Å². The van der Waals surface area contributed by atoms with Crippen LogP contribution in [0.5, 0.6) is 0 Å². The van der Waals surface area contributed by atoms with Gasteiger partial charge in [-0.3, -0.25) is 0 Å². The van der Waals surface area contributed by atoms with E-state index in [0.29, 0.717) is 0 Å². The molecule has 1 atom stereocenters. The van der Waals surface area contributed by atoms with Crippen molar-refractivity contribution in [2.75, 3.05) is 7.05 Å². The summed E-state index contributed by atoms with van der Waals surface area (Å²) >= 11 is 6.08. The van der Waals surface area contributed by atoms with Crippen molar-refractivity contribution in [2.45, 2.75) is 26.4 Å². The van der Waals surface area contributed by atoms with E-state index in [0.717, 1.165) is 17.3 Å². The summed E-state index contributed by atoms with van der Waals surface area (Å²) in [4.78, 5) is 4.46. The smallest absolute Gasteiger partial charge is 0.0950 e. The van der Waals surface area contributed by atoms with Gasteiger partial charge in [0.2, 0.25) is 0 Å². The Kier molecular flexibility index (Phi) is 4.04. The van der Waals surface area contributed by atoms with Crippen molar-refractivity contribution >= 4 is 11.6 Å². The molecule has 0 spiro atoms. The summed E-state index contributed by atoms with van der Waals surface area (Å²) in [5.74, 6) is 0. The van der Waals surface area contributed by atoms with Crippen LogP contribution in [0, 0.1) is 6.92 Å². The van der Waals surface area contributed by atoms with Crippen LogP contribution in [0.2, 0.25) is 5.02 Å². The zero-order chi connectivity index (χ0) is 13.1. The first-order valence-corrected chi connectivity index (χ1v) is 6.48. The molecule has 4 heteroatoms. The molecule has 0 aliphatic rings. The number of halogens is 1. The van der Waals surface area contributed by atoms with Gasteiger partial charge in [0.05, 0.1) is 18.1 Å². The quantitative estimate of drug-likeness (QED) is 0.918. The number of imidazole rings is 1. The molecule has 1 N–H and O–H groups in total. The number of aromatic nitrogens is 2. The van der Waals surface area contributed by atoms with Crippen molar-refractivity contribution in [3.05, 3.63) is 52.6 Å². The molecule has 1 unspecified atom stereocenters. The highest BCUT2D eigenvalue weighted by Crippen LogP contribution is 2.26. The lowest BCUT2D eigenvalue weighted by Crippen LogP contribution is -2.19. The summed E-state index contributed by atoms with van der Waals surface area (Å²) in [5, 5.41) is 4.06. The zero-order valence-electron chi connectivity index (χ0n) is 10.9. The highest BCUT2D eigenvalue weighted by atomic mass is 35.5. The molecular formula is C14H18ClN3. The Morgan fingerprint density at radius 2 is 2.22 bits per heavy atom. The monoisotopic (exact) mass is 263 g/mol. The molecule has 1 aromatic carbocycles. The van der Waals surface area contributed by atoms with Gasteiger partial charge in [0, 0.05) is 17.8 Å². The van der Waals surface area contributed by atoms with Gasteiger partial charge in [-0.1, -0.05) is 17.7 Å². The first-order valence-electron chi connectivity index (χ1n) is 6.10. The summed E-state index contributed by atoms with van der Waals surface area (Å²) < 4.78 is 2.07. The molecule has 1 heterocycles. The first kappa shape index (κ1) is 13.1. The van der Waals surface area contributed by atoms with Crippen LogP contribution in [0.25, 0.3) is 0 Å². The van der Waals surface area contributed by atoms with Gasteiger partial charge in [-0.15, -0.1) is 0 Å². The highest BCUT2D eigenvalue weighted by molar-refractivity contribution is 6.30. The second-order valence-electron chi connectivity index (χ2n) is 4.35. The number of hydrogen-bond donors (Lipinski definition) is 1. The molecule has 0 bridgehead atoms. The van der Waals surface area contributed by atoms with E-state index >= 15 is 0 Å². The Hall–Kier alpha value is -1.32. The third-order valence-electron chi connectivity index (χ3n) is 3.16. The fourth-order valence-electron chi connectivity index (χ4n) is 2.08. The minimum atomic E-state index is 0.0801. The summed E-state index contributed by atoms with van der Waals surface area (Å²) in [6.07, 6.45) is 3.93. The van der Waals surface area contributed by atoms with Crippen LogP contribution in [0.3, 0.4) is 0 Å². The second-order valence-corrected chi connectivity index (χ2v) is 4.79. The Labute approximate surface area is 113 Å². The molecule has 0 fully saturated rings. The molecule has 0 radical (unpaired) electrons. The van der Waals surface area contributed by atoms with Crippen LogP contribution in [-0.2, 0) is 6.54 Å². The Balaban J connectivity index is 2.41. The predicted octanol–water partition coefficient (Wildman–Crippen LogP) is 3.17. The van der Waals surface area contributed by atoms with Gasteiger partial charge in [-0.25, -0.2) is 4.98 Å². The van der Waals surface area contributed by atoms with Crippen molar-refractivity contribution in [2.24, 2.45) is 0 Å². The van der Waals surface area contributed by atoms with E-state index in [1.807, 2.05) is 31.6 Å². The van der Waals surface area contributed by atoms with Crippen LogP contribution in [0.1, 0.15) is 29.8 Å². The fraction of sp³-hybridized carbons (Fsp3) is 0.357. The van der Waals surface area contributed by atoms with Crippen LogP contribution >= 0.6 is 11.6 Å². The number of nitrogens with zero attached hydrogens (tertiary/aromatic N) is 2. The van der Waals surface area contributed by atoms with Crippen molar-refractivity contribution in [1.82, 2.24) is 14.9 Å². The third kappa shape index (κ3) is 2.57. The maximum absolute atomic E-state index is 6.08. The fourth-order valence-corrected chi connectivity index (χ4v) is 2.26. The molecule has 0 saturated heterocycles. The van der Waals surface area contributed by atoms with E-state index < -0.39 is 0 Å². The number of hydrogen-bond acceptors (Lipinski definition) is 2. The van der Waals surface area contributed by atoms with Crippen molar-refractivity contribution in [1.29, 1.82) is 0 Å². The maximum atomic E-state index is 6.08. The lowest BCUT2D eigenvalue weighted by Gasteiger charge is -2.17. The summed E-state index contributed by atoms with van der Waals surface area (Å²) in [6, 6.07) is 6.04.